The fourth-order valence-corrected chi connectivity index (χ4v) is 1.82. The van der Waals surface area contributed by atoms with E-state index < -0.39 is 5.54 Å². The first-order valence-corrected chi connectivity index (χ1v) is 5.54. The van der Waals surface area contributed by atoms with Crippen LogP contribution in [0.15, 0.2) is 30.3 Å². The third kappa shape index (κ3) is 1.39. The first-order valence-electron chi connectivity index (χ1n) is 5.54. The molecule has 0 aliphatic carbocycles. The summed E-state index contributed by atoms with van der Waals surface area (Å²) in [6, 6.07) is 9.73. The lowest BCUT2D eigenvalue weighted by Gasteiger charge is -2.32. The molecule has 0 saturated carbocycles. The second kappa shape index (κ2) is 3.24. The third-order valence-corrected chi connectivity index (χ3v) is 3.72. The molecule has 0 atom stereocenters. The summed E-state index contributed by atoms with van der Waals surface area (Å²) in [6.07, 6.45) is 0. The molecule has 0 radical (unpaired) electrons. The summed E-state index contributed by atoms with van der Waals surface area (Å²) in [5.41, 5.74) is 0.258. The number of hydroxylamine groups is 1. The van der Waals surface area contributed by atoms with Gasteiger partial charge in [0.2, 0.25) is 0 Å². The zero-order valence-corrected chi connectivity index (χ0v) is 10.2. The largest absolute Gasteiger partial charge is 0.715 e. The van der Waals surface area contributed by atoms with Crippen molar-refractivity contribution in [2.24, 2.45) is 0 Å². The SMILES string of the molecule is CC1(C)NC(c2ccccc2)=[N+]([O-])C1(C)C. The van der Waals surface area contributed by atoms with E-state index in [2.05, 4.69) is 5.32 Å². The minimum Gasteiger partial charge on any atom is -0.715 e. The van der Waals surface area contributed by atoms with E-state index in [1.54, 1.807) is 0 Å². The summed E-state index contributed by atoms with van der Waals surface area (Å²) in [4.78, 5) is 0. The van der Waals surface area contributed by atoms with Gasteiger partial charge in [-0.3, -0.25) is 10.1 Å². The molecule has 0 spiro atoms. The predicted molar refractivity (Wildman–Crippen MR) is 65.5 cm³/mol. The Morgan fingerprint density at radius 3 is 2.06 bits per heavy atom. The average Bonchev–Trinajstić information content (AvgIpc) is 2.40. The number of amidine groups is 1. The van der Waals surface area contributed by atoms with Gasteiger partial charge in [0, 0.05) is 0 Å². The number of hydrogen-bond donors (Lipinski definition) is 1. The van der Waals surface area contributed by atoms with Crippen LogP contribution in [0.2, 0.25) is 0 Å². The molecular weight excluding hydrogens is 200 g/mol. The first-order chi connectivity index (χ1) is 7.36. The molecule has 1 aliphatic heterocycles. The van der Waals surface area contributed by atoms with Crippen LogP contribution in [0, 0.1) is 5.21 Å². The Kier molecular flexibility index (Phi) is 2.22. The van der Waals surface area contributed by atoms with Crippen LogP contribution in [0.5, 0.6) is 0 Å². The average molecular weight is 218 g/mol. The summed E-state index contributed by atoms with van der Waals surface area (Å²) in [5.74, 6) is 0.663. The molecule has 1 heterocycles. The Morgan fingerprint density at radius 2 is 1.62 bits per heavy atom. The summed E-state index contributed by atoms with van der Waals surface area (Å²) in [7, 11) is 0. The van der Waals surface area contributed by atoms with Crippen molar-refractivity contribution in [3.05, 3.63) is 41.1 Å². The Balaban J connectivity index is 2.50. The number of benzene rings is 1. The van der Waals surface area contributed by atoms with Crippen LogP contribution in [-0.4, -0.2) is 21.7 Å². The zero-order valence-electron chi connectivity index (χ0n) is 10.2. The monoisotopic (exact) mass is 218 g/mol. The number of nitrogens with zero attached hydrogens (tertiary/aromatic N) is 1. The summed E-state index contributed by atoms with van der Waals surface area (Å²) in [5, 5.41) is 15.6. The molecule has 0 aromatic heterocycles. The van der Waals surface area contributed by atoms with Crippen LogP contribution in [0.1, 0.15) is 33.3 Å². The fourth-order valence-electron chi connectivity index (χ4n) is 1.82. The molecule has 0 bridgehead atoms. The molecule has 86 valence electrons. The molecule has 0 saturated heterocycles. The van der Waals surface area contributed by atoms with Crippen molar-refractivity contribution in [1.82, 2.24) is 5.32 Å². The van der Waals surface area contributed by atoms with Gasteiger partial charge in [-0.25, -0.2) is 0 Å². The molecule has 0 amide bonds. The van der Waals surface area contributed by atoms with Gasteiger partial charge in [0.05, 0.1) is 5.56 Å². The van der Waals surface area contributed by atoms with Crippen LogP contribution in [-0.2, 0) is 0 Å². The van der Waals surface area contributed by atoms with Gasteiger partial charge in [0.1, 0.15) is 11.1 Å². The Hall–Kier alpha value is -1.51. The van der Waals surface area contributed by atoms with Crippen molar-refractivity contribution in [3.63, 3.8) is 0 Å². The van der Waals surface area contributed by atoms with Gasteiger partial charge in [0.25, 0.3) is 5.84 Å². The summed E-state index contributed by atoms with van der Waals surface area (Å²) in [6.45, 7) is 8.02. The smallest absolute Gasteiger partial charge is 0.281 e. The van der Waals surface area contributed by atoms with E-state index in [0.717, 1.165) is 10.3 Å². The van der Waals surface area contributed by atoms with Crippen molar-refractivity contribution < 1.29 is 4.74 Å². The van der Waals surface area contributed by atoms with Crippen LogP contribution in [0.3, 0.4) is 0 Å². The van der Waals surface area contributed by atoms with Crippen molar-refractivity contribution >= 4 is 5.84 Å². The predicted octanol–water partition coefficient (Wildman–Crippen LogP) is 2.10. The zero-order chi connectivity index (χ0) is 12.0. The number of rotatable bonds is 1. The highest BCUT2D eigenvalue weighted by molar-refractivity contribution is 5.96. The molecule has 0 fully saturated rings. The van der Waals surface area contributed by atoms with E-state index in [-0.39, 0.29) is 5.54 Å². The van der Waals surface area contributed by atoms with Crippen molar-refractivity contribution in [2.45, 2.75) is 38.8 Å². The van der Waals surface area contributed by atoms with Gasteiger partial charge >= 0.3 is 0 Å². The summed E-state index contributed by atoms with van der Waals surface area (Å²) < 4.78 is 1.09. The van der Waals surface area contributed by atoms with E-state index in [1.807, 2.05) is 58.0 Å². The molecule has 16 heavy (non-hydrogen) atoms. The lowest BCUT2D eigenvalue weighted by atomic mass is 9.84. The highest BCUT2D eigenvalue weighted by atomic mass is 16.5. The normalized spacial score (nSPS) is 22.0. The molecule has 1 N–H and O–H groups in total. The van der Waals surface area contributed by atoms with Gasteiger partial charge in [-0.15, -0.1) is 0 Å². The van der Waals surface area contributed by atoms with E-state index in [4.69, 9.17) is 0 Å². The highest BCUT2D eigenvalue weighted by Gasteiger charge is 2.51. The third-order valence-electron chi connectivity index (χ3n) is 3.72. The van der Waals surface area contributed by atoms with E-state index in [0.29, 0.717) is 5.84 Å². The van der Waals surface area contributed by atoms with Crippen LogP contribution >= 0.6 is 0 Å². The van der Waals surface area contributed by atoms with Crippen molar-refractivity contribution in [1.29, 1.82) is 0 Å². The summed E-state index contributed by atoms with van der Waals surface area (Å²) >= 11 is 0. The van der Waals surface area contributed by atoms with Gasteiger partial charge < -0.3 is 5.21 Å². The molecular formula is C13H18N2O. The highest BCUT2D eigenvalue weighted by Crippen LogP contribution is 2.30. The topological polar surface area (TPSA) is 38.1 Å². The van der Waals surface area contributed by atoms with Gasteiger partial charge in [-0.1, -0.05) is 18.2 Å². The fraction of sp³-hybridized carbons (Fsp3) is 0.462. The molecule has 3 heteroatoms. The minimum atomic E-state index is -0.446. The van der Waals surface area contributed by atoms with Gasteiger partial charge in [-0.2, -0.15) is 0 Å². The molecule has 1 aromatic rings. The second-order valence-corrected chi connectivity index (χ2v) is 5.32. The second-order valence-electron chi connectivity index (χ2n) is 5.32. The Bertz CT molecular complexity index is 433. The lowest BCUT2D eigenvalue weighted by Crippen LogP contribution is -2.52. The minimum absolute atomic E-state index is 0.236. The van der Waals surface area contributed by atoms with E-state index in [9.17, 15) is 5.21 Å². The molecule has 3 nitrogen and oxygen atoms in total. The number of nitrogens with one attached hydrogen (secondary N) is 1. The quantitative estimate of drug-likeness (QED) is 0.579. The molecule has 1 aromatic carbocycles. The van der Waals surface area contributed by atoms with E-state index >= 15 is 0 Å². The molecule has 2 rings (SSSR count). The Labute approximate surface area is 96.4 Å². The first kappa shape index (κ1) is 11.0. The van der Waals surface area contributed by atoms with Crippen LogP contribution in [0.4, 0.5) is 0 Å². The standard InChI is InChI=1S/C13H18N2O/c1-12(2)13(3,4)15(16)11(14-12)10-8-6-5-7-9-10/h5-9,14H,1-4H3. The molecule has 1 aliphatic rings. The van der Waals surface area contributed by atoms with Gasteiger partial charge in [0.15, 0.2) is 0 Å². The van der Waals surface area contributed by atoms with Crippen LogP contribution < -0.4 is 5.32 Å². The van der Waals surface area contributed by atoms with Crippen molar-refractivity contribution in [2.75, 3.05) is 0 Å². The molecule has 0 unspecified atom stereocenters. The van der Waals surface area contributed by atoms with Gasteiger partial charge in [-0.05, 0) is 39.8 Å². The lowest BCUT2D eigenvalue weighted by molar-refractivity contribution is -0.539. The maximum absolute atomic E-state index is 12.3. The Morgan fingerprint density at radius 1 is 1.06 bits per heavy atom. The maximum atomic E-state index is 12.3. The van der Waals surface area contributed by atoms with Crippen LogP contribution in [0.25, 0.3) is 0 Å². The van der Waals surface area contributed by atoms with Crippen molar-refractivity contribution in [3.8, 4) is 0 Å². The van der Waals surface area contributed by atoms with E-state index in [1.165, 1.54) is 0 Å². The number of hydrogen-bond acceptors (Lipinski definition) is 2. The maximum Gasteiger partial charge on any atom is 0.281 e.